The highest BCUT2D eigenvalue weighted by molar-refractivity contribution is 6.33. The van der Waals surface area contributed by atoms with Crippen LogP contribution in [0.1, 0.15) is 47.4 Å². The number of nitrogens with one attached hydrogen (secondary N) is 1. The topological polar surface area (TPSA) is 71.5 Å². The summed E-state index contributed by atoms with van der Waals surface area (Å²) in [5.41, 5.74) is 1.43. The number of aromatic nitrogens is 1. The second kappa shape index (κ2) is 9.92. The first-order valence-electron chi connectivity index (χ1n) is 8.90. The van der Waals surface area contributed by atoms with E-state index in [1.54, 1.807) is 36.5 Å². The fourth-order valence-corrected chi connectivity index (χ4v) is 2.84. The molecule has 7 heteroatoms. The van der Waals surface area contributed by atoms with Crippen LogP contribution in [0.25, 0.3) is 0 Å². The first kappa shape index (κ1) is 20.7. The summed E-state index contributed by atoms with van der Waals surface area (Å²) < 4.78 is 4.73. The van der Waals surface area contributed by atoms with Crippen LogP contribution in [0, 0.1) is 0 Å². The molecule has 0 aliphatic heterocycles. The minimum atomic E-state index is -0.457. The predicted molar refractivity (Wildman–Crippen MR) is 107 cm³/mol. The smallest absolute Gasteiger partial charge is 0.337 e. The Labute approximate surface area is 164 Å². The van der Waals surface area contributed by atoms with Gasteiger partial charge in [-0.15, -0.1) is 0 Å². The summed E-state index contributed by atoms with van der Waals surface area (Å²) >= 11 is 6.21. The van der Waals surface area contributed by atoms with Gasteiger partial charge in [0.1, 0.15) is 5.82 Å². The number of pyridine rings is 1. The van der Waals surface area contributed by atoms with Crippen LogP contribution in [-0.2, 0) is 4.74 Å². The highest BCUT2D eigenvalue weighted by Crippen LogP contribution is 2.26. The molecule has 0 atom stereocenters. The third-order valence-corrected chi connectivity index (χ3v) is 4.26. The Morgan fingerprint density at radius 1 is 1.11 bits per heavy atom. The molecule has 0 saturated carbocycles. The minimum absolute atomic E-state index is 0.0291. The number of benzene rings is 1. The van der Waals surface area contributed by atoms with Gasteiger partial charge in [0, 0.05) is 24.8 Å². The van der Waals surface area contributed by atoms with Crippen molar-refractivity contribution in [2.24, 2.45) is 0 Å². The molecule has 0 unspecified atom stereocenters. The van der Waals surface area contributed by atoms with Crippen LogP contribution in [0.2, 0.25) is 5.02 Å². The number of hydrogen-bond acceptors (Lipinski definition) is 5. The van der Waals surface area contributed by atoms with Gasteiger partial charge in [-0.25, -0.2) is 9.78 Å². The number of anilines is 2. The summed E-state index contributed by atoms with van der Waals surface area (Å²) in [4.78, 5) is 30.6. The number of amides is 1. The Hall–Kier alpha value is -2.60. The molecule has 2 aromatic rings. The van der Waals surface area contributed by atoms with Crippen molar-refractivity contribution in [2.75, 3.05) is 25.5 Å². The lowest BCUT2D eigenvalue weighted by molar-refractivity contribution is 0.0600. The monoisotopic (exact) mass is 389 g/mol. The molecule has 0 fully saturated rings. The molecule has 27 heavy (non-hydrogen) atoms. The molecule has 144 valence electrons. The van der Waals surface area contributed by atoms with Crippen LogP contribution in [0.5, 0.6) is 0 Å². The predicted octanol–water partition coefficient (Wildman–Crippen LogP) is 4.53. The molecule has 0 bridgehead atoms. The van der Waals surface area contributed by atoms with Gasteiger partial charge in [-0.3, -0.25) is 4.79 Å². The zero-order valence-electron chi connectivity index (χ0n) is 15.8. The van der Waals surface area contributed by atoms with E-state index in [4.69, 9.17) is 16.3 Å². The average Bonchev–Trinajstić information content (AvgIpc) is 2.68. The molecule has 0 saturated heterocycles. The van der Waals surface area contributed by atoms with Gasteiger partial charge in [0.25, 0.3) is 5.91 Å². The molecular weight excluding hydrogens is 366 g/mol. The molecule has 1 aromatic heterocycles. The van der Waals surface area contributed by atoms with Gasteiger partial charge in [-0.05, 0) is 43.2 Å². The Morgan fingerprint density at radius 2 is 1.81 bits per heavy atom. The second-order valence-electron chi connectivity index (χ2n) is 6.03. The number of hydrogen-bond donors (Lipinski definition) is 1. The van der Waals surface area contributed by atoms with Gasteiger partial charge in [0.15, 0.2) is 0 Å². The zero-order valence-corrected chi connectivity index (χ0v) is 16.5. The number of nitrogens with zero attached hydrogens (tertiary/aromatic N) is 2. The number of rotatable bonds is 8. The van der Waals surface area contributed by atoms with Crippen molar-refractivity contribution >= 4 is 35.0 Å². The van der Waals surface area contributed by atoms with E-state index in [0.29, 0.717) is 40.7 Å². The van der Waals surface area contributed by atoms with E-state index in [1.807, 2.05) is 18.7 Å². The fourth-order valence-electron chi connectivity index (χ4n) is 2.67. The fraction of sp³-hybridized carbons (Fsp3) is 0.350. The van der Waals surface area contributed by atoms with Gasteiger partial charge in [-0.1, -0.05) is 25.4 Å². The molecule has 1 N–H and O–H groups in total. The number of esters is 1. The van der Waals surface area contributed by atoms with Gasteiger partial charge < -0.3 is 15.0 Å². The zero-order chi connectivity index (χ0) is 19.8. The molecule has 6 nitrogen and oxygen atoms in total. The van der Waals surface area contributed by atoms with Crippen molar-refractivity contribution in [3.05, 3.63) is 52.7 Å². The summed E-state index contributed by atoms with van der Waals surface area (Å²) in [6, 6.07) is 8.15. The number of methoxy groups -OCH3 is 1. The minimum Gasteiger partial charge on any atom is -0.465 e. The first-order chi connectivity index (χ1) is 13.0. The highest BCUT2D eigenvalue weighted by atomic mass is 35.5. The highest BCUT2D eigenvalue weighted by Gasteiger charge is 2.15. The molecular formula is C20H24ClN3O3. The molecule has 0 radical (unpaired) electrons. The largest absolute Gasteiger partial charge is 0.465 e. The lowest BCUT2D eigenvalue weighted by Crippen LogP contribution is -2.32. The van der Waals surface area contributed by atoms with Gasteiger partial charge in [-0.2, -0.15) is 0 Å². The number of carbonyl (C=O) groups is 2. The van der Waals surface area contributed by atoms with Crippen molar-refractivity contribution in [3.63, 3.8) is 0 Å². The Balaban J connectivity index is 2.25. The summed E-state index contributed by atoms with van der Waals surface area (Å²) in [5.74, 6) is -0.0161. The maximum Gasteiger partial charge on any atom is 0.337 e. The number of carbonyl (C=O) groups excluding carboxylic acids is 2. The van der Waals surface area contributed by atoms with E-state index in [-0.39, 0.29) is 5.91 Å². The Morgan fingerprint density at radius 3 is 2.44 bits per heavy atom. The average molecular weight is 390 g/mol. The standard InChI is InChI=1S/C20H24ClN3O3/c1-4-10-24(11-5-2)19(25)14-8-9-22-18(13-14)23-17-12-15(20(26)27-3)6-7-16(17)21/h6-9,12-13H,4-5,10-11H2,1-3H3,(H,22,23). The maximum atomic E-state index is 12.8. The number of halogens is 1. The molecule has 1 amide bonds. The van der Waals surface area contributed by atoms with Crippen LogP contribution in [0.4, 0.5) is 11.5 Å². The van der Waals surface area contributed by atoms with Crippen molar-refractivity contribution < 1.29 is 14.3 Å². The summed E-state index contributed by atoms with van der Waals surface area (Å²) in [6.45, 7) is 5.52. The molecule has 1 heterocycles. The van der Waals surface area contributed by atoms with E-state index < -0.39 is 5.97 Å². The third kappa shape index (κ3) is 5.44. The SMILES string of the molecule is CCCN(CCC)C(=O)c1ccnc(Nc2cc(C(=O)OC)ccc2Cl)c1. The molecule has 0 spiro atoms. The van der Waals surface area contributed by atoms with E-state index >= 15 is 0 Å². The lowest BCUT2D eigenvalue weighted by atomic mass is 10.2. The quantitative estimate of drug-likeness (QED) is 0.671. The van der Waals surface area contributed by atoms with E-state index in [0.717, 1.165) is 12.8 Å². The normalized spacial score (nSPS) is 10.4. The molecule has 2 rings (SSSR count). The van der Waals surface area contributed by atoms with Crippen LogP contribution < -0.4 is 5.32 Å². The van der Waals surface area contributed by atoms with Gasteiger partial charge in [0.05, 0.1) is 23.4 Å². The van der Waals surface area contributed by atoms with Crippen LogP contribution in [0.3, 0.4) is 0 Å². The first-order valence-corrected chi connectivity index (χ1v) is 9.28. The summed E-state index contributed by atoms with van der Waals surface area (Å²) in [6.07, 6.45) is 3.37. The molecule has 0 aliphatic carbocycles. The van der Waals surface area contributed by atoms with Gasteiger partial charge >= 0.3 is 5.97 Å². The Bertz CT molecular complexity index is 805. The van der Waals surface area contributed by atoms with Crippen LogP contribution >= 0.6 is 11.6 Å². The maximum absolute atomic E-state index is 12.8. The van der Waals surface area contributed by atoms with Gasteiger partial charge in [0.2, 0.25) is 0 Å². The molecule has 0 aliphatic rings. The van der Waals surface area contributed by atoms with E-state index in [1.165, 1.54) is 7.11 Å². The summed E-state index contributed by atoms with van der Waals surface area (Å²) in [5, 5.41) is 3.50. The second-order valence-corrected chi connectivity index (χ2v) is 6.44. The van der Waals surface area contributed by atoms with Crippen molar-refractivity contribution in [1.29, 1.82) is 0 Å². The van der Waals surface area contributed by atoms with E-state index in [2.05, 4.69) is 10.3 Å². The third-order valence-electron chi connectivity index (χ3n) is 3.93. The Kier molecular flexibility index (Phi) is 7.61. The van der Waals surface area contributed by atoms with E-state index in [9.17, 15) is 9.59 Å². The summed E-state index contributed by atoms with van der Waals surface area (Å²) in [7, 11) is 1.32. The van der Waals surface area contributed by atoms with Crippen LogP contribution in [-0.4, -0.2) is 42.0 Å². The van der Waals surface area contributed by atoms with Crippen molar-refractivity contribution in [2.45, 2.75) is 26.7 Å². The lowest BCUT2D eigenvalue weighted by Gasteiger charge is -2.21. The van der Waals surface area contributed by atoms with Crippen LogP contribution in [0.15, 0.2) is 36.5 Å². The van der Waals surface area contributed by atoms with Crippen molar-refractivity contribution in [3.8, 4) is 0 Å². The number of ether oxygens (including phenoxy) is 1. The van der Waals surface area contributed by atoms with Crippen molar-refractivity contribution in [1.82, 2.24) is 9.88 Å². The molecule has 1 aromatic carbocycles.